The van der Waals surface area contributed by atoms with E-state index in [1.807, 2.05) is 6.07 Å². The van der Waals surface area contributed by atoms with Gasteiger partial charge in [-0.25, -0.2) is 0 Å². The van der Waals surface area contributed by atoms with Crippen molar-refractivity contribution in [3.63, 3.8) is 0 Å². The second-order valence-corrected chi connectivity index (χ2v) is 4.51. The van der Waals surface area contributed by atoms with E-state index in [-0.39, 0.29) is 17.8 Å². The summed E-state index contributed by atoms with van der Waals surface area (Å²) in [5.74, 6) is -1.47. The van der Waals surface area contributed by atoms with Crippen LogP contribution in [0.4, 0.5) is 5.69 Å². The van der Waals surface area contributed by atoms with Crippen LogP contribution in [0, 0.1) is 0 Å². The van der Waals surface area contributed by atoms with Gasteiger partial charge >= 0.3 is 0 Å². The number of fused-ring (bicyclic) bond motifs is 1. The third-order valence-corrected chi connectivity index (χ3v) is 3.09. The molecule has 104 valence electrons. The second-order valence-electron chi connectivity index (χ2n) is 4.51. The molecule has 1 aromatic heterocycles. The molecule has 0 fully saturated rings. The fourth-order valence-corrected chi connectivity index (χ4v) is 2.12. The lowest BCUT2D eigenvalue weighted by molar-refractivity contribution is -0.116. The predicted molar refractivity (Wildman–Crippen MR) is 74.7 cm³/mol. The summed E-state index contributed by atoms with van der Waals surface area (Å²) >= 11 is 0. The van der Waals surface area contributed by atoms with Crippen molar-refractivity contribution in [2.75, 3.05) is 11.9 Å². The van der Waals surface area contributed by atoms with Crippen LogP contribution in [0.25, 0.3) is 0 Å². The topological polar surface area (TPSA) is 79.4 Å². The van der Waals surface area contributed by atoms with Crippen molar-refractivity contribution in [2.45, 2.75) is 0 Å². The molecule has 0 atom stereocenters. The number of pyridine rings is 1. The van der Waals surface area contributed by atoms with E-state index in [2.05, 4.69) is 10.3 Å². The summed E-state index contributed by atoms with van der Waals surface area (Å²) in [4.78, 5) is 40.9. The first-order chi connectivity index (χ1) is 10.2. The number of amides is 3. The van der Waals surface area contributed by atoms with E-state index in [4.69, 9.17) is 0 Å². The molecular formula is C15H11N3O3. The fourth-order valence-electron chi connectivity index (χ4n) is 2.12. The number of anilines is 1. The fraction of sp³-hybridized carbons (Fsp3) is 0.0667. The Balaban J connectivity index is 1.73. The van der Waals surface area contributed by atoms with Crippen LogP contribution in [0.3, 0.4) is 0 Å². The lowest BCUT2D eigenvalue weighted by Crippen LogP contribution is -2.37. The summed E-state index contributed by atoms with van der Waals surface area (Å²) in [6.45, 7) is -0.330. The lowest BCUT2D eigenvalue weighted by atomic mass is 10.2. The molecule has 1 N–H and O–H groups in total. The Labute approximate surface area is 120 Å². The van der Waals surface area contributed by atoms with Crippen molar-refractivity contribution in [1.29, 1.82) is 0 Å². The first-order valence-corrected chi connectivity index (χ1v) is 6.33. The maximum atomic E-state index is 12.1. The predicted octanol–water partition coefficient (Wildman–Crippen LogP) is 1.32. The molecule has 0 unspecified atom stereocenters. The molecule has 6 heteroatoms. The van der Waals surface area contributed by atoms with Crippen LogP contribution in [0.5, 0.6) is 0 Å². The Morgan fingerprint density at radius 2 is 1.81 bits per heavy atom. The highest BCUT2D eigenvalue weighted by molar-refractivity contribution is 6.21. The molecule has 0 saturated carbocycles. The third kappa shape index (κ3) is 2.38. The molecule has 0 bridgehead atoms. The van der Waals surface area contributed by atoms with Gasteiger partial charge in [-0.1, -0.05) is 18.2 Å². The summed E-state index contributed by atoms with van der Waals surface area (Å²) < 4.78 is 0. The molecule has 2 aromatic rings. The van der Waals surface area contributed by atoms with Gasteiger partial charge in [0.2, 0.25) is 5.91 Å². The zero-order chi connectivity index (χ0) is 14.8. The van der Waals surface area contributed by atoms with Crippen LogP contribution in [0.2, 0.25) is 0 Å². The van der Waals surface area contributed by atoms with Gasteiger partial charge in [-0.3, -0.25) is 24.3 Å². The van der Waals surface area contributed by atoms with Gasteiger partial charge in [-0.2, -0.15) is 0 Å². The number of rotatable bonds is 3. The van der Waals surface area contributed by atoms with Crippen LogP contribution in [0.1, 0.15) is 20.8 Å². The summed E-state index contributed by atoms with van der Waals surface area (Å²) in [6.07, 6.45) is 1.44. The molecule has 0 aliphatic carbocycles. The number of para-hydroxylation sites is 1. The third-order valence-electron chi connectivity index (χ3n) is 3.09. The minimum Gasteiger partial charge on any atom is -0.325 e. The van der Waals surface area contributed by atoms with Gasteiger partial charge < -0.3 is 5.32 Å². The van der Waals surface area contributed by atoms with Crippen molar-refractivity contribution in [2.24, 2.45) is 0 Å². The maximum absolute atomic E-state index is 12.1. The average molecular weight is 281 g/mol. The SMILES string of the molecule is O=C(CN1C(=O)c2cccnc2C1=O)Nc1ccccc1. The van der Waals surface area contributed by atoms with Crippen molar-refractivity contribution in [3.05, 3.63) is 59.9 Å². The summed E-state index contributed by atoms with van der Waals surface area (Å²) in [5.41, 5.74) is 0.933. The van der Waals surface area contributed by atoms with E-state index in [0.29, 0.717) is 5.69 Å². The Morgan fingerprint density at radius 3 is 2.52 bits per heavy atom. The normalized spacial score (nSPS) is 13.2. The number of nitrogens with one attached hydrogen (secondary N) is 1. The molecule has 1 aliphatic rings. The number of hydrogen-bond donors (Lipinski definition) is 1. The van der Waals surface area contributed by atoms with Gasteiger partial charge in [-0.05, 0) is 24.3 Å². The monoisotopic (exact) mass is 281 g/mol. The van der Waals surface area contributed by atoms with Crippen LogP contribution >= 0.6 is 0 Å². The van der Waals surface area contributed by atoms with Crippen LogP contribution in [-0.4, -0.2) is 34.2 Å². The standard InChI is InChI=1S/C15H11N3O3/c19-12(17-10-5-2-1-3-6-10)9-18-14(20)11-7-4-8-16-13(11)15(18)21/h1-8H,9H2,(H,17,19). The first kappa shape index (κ1) is 13.0. The van der Waals surface area contributed by atoms with Crippen LogP contribution in [-0.2, 0) is 4.79 Å². The van der Waals surface area contributed by atoms with E-state index < -0.39 is 17.7 Å². The van der Waals surface area contributed by atoms with Crippen molar-refractivity contribution in [1.82, 2.24) is 9.88 Å². The van der Waals surface area contributed by atoms with Gasteiger partial charge in [0.25, 0.3) is 11.8 Å². The number of aromatic nitrogens is 1. The van der Waals surface area contributed by atoms with E-state index in [9.17, 15) is 14.4 Å². The zero-order valence-corrected chi connectivity index (χ0v) is 10.9. The lowest BCUT2D eigenvalue weighted by Gasteiger charge is -2.13. The van der Waals surface area contributed by atoms with Gasteiger partial charge in [0.05, 0.1) is 5.56 Å². The van der Waals surface area contributed by atoms with E-state index in [0.717, 1.165) is 4.90 Å². The molecule has 3 rings (SSSR count). The number of benzene rings is 1. The summed E-state index contributed by atoms with van der Waals surface area (Å²) in [6, 6.07) is 11.9. The van der Waals surface area contributed by atoms with E-state index in [1.165, 1.54) is 12.3 Å². The van der Waals surface area contributed by atoms with Crippen molar-refractivity contribution >= 4 is 23.4 Å². The average Bonchev–Trinajstić information content (AvgIpc) is 2.74. The molecule has 2 heterocycles. The first-order valence-electron chi connectivity index (χ1n) is 6.33. The zero-order valence-electron chi connectivity index (χ0n) is 10.9. The Hall–Kier alpha value is -3.02. The summed E-state index contributed by atoms with van der Waals surface area (Å²) in [5, 5.41) is 2.63. The summed E-state index contributed by atoms with van der Waals surface area (Å²) in [7, 11) is 0. The molecule has 0 spiro atoms. The highest BCUT2D eigenvalue weighted by Gasteiger charge is 2.37. The molecule has 1 aliphatic heterocycles. The number of nitrogens with zero attached hydrogens (tertiary/aromatic N) is 2. The second kappa shape index (κ2) is 5.16. The molecule has 0 radical (unpaired) electrons. The quantitative estimate of drug-likeness (QED) is 0.860. The van der Waals surface area contributed by atoms with Crippen LogP contribution < -0.4 is 5.32 Å². The maximum Gasteiger partial charge on any atom is 0.280 e. The smallest absolute Gasteiger partial charge is 0.280 e. The molecule has 6 nitrogen and oxygen atoms in total. The highest BCUT2D eigenvalue weighted by Crippen LogP contribution is 2.20. The largest absolute Gasteiger partial charge is 0.325 e. The minimum atomic E-state index is -0.543. The Bertz CT molecular complexity index is 693. The Morgan fingerprint density at radius 1 is 1.05 bits per heavy atom. The van der Waals surface area contributed by atoms with Gasteiger partial charge in [0.1, 0.15) is 12.2 Å². The van der Waals surface area contributed by atoms with Crippen LogP contribution in [0.15, 0.2) is 48.7 Å². The van der Waals surface area contributed by atoms with Crippen molar-refractivity contribution < 1.29 is 14.4 Å². The highest BCUT2D eigenvalue weighted by atomic mass is 16.2. The molecule has 0 saturated heterocycles. The molecular weight excluding hydrogens is 270 g/mol. The molecule has 3 amide bonds. The van der Waals surface area contributed by atoms with Gasteiger partial charge in [0, 0.05) is 11.9 Å². The van der Waals surface area contributed by atoms with E-state index >= 15 is 0 Å². The molecule has 21 heavy (non-hydrogen) atoms. The van der Waals surface area contributed by atoms with Crippen molar-refractivity contribution in [3.8, 4) is 0 Å². The minimum absolute atomic E-state index is 0.0926. The van der Waals surface area contributed by atoms with E-state index in [1.54, 1.807) is 30.3 Å². The number of carbonyl (C=O) groups excluding carboxylic acids is 3. The van der Waals surface area contributed by atoms with Gasteiger partial charge in [0.15, 0.2) is 0 Å². The number of carbonyl (C=O) groups is 3. The molecule has 1 aromatic carbocycles. The number of imide groups is 1. The number of hydrogen-bond acceptors (Lipinski definition) is 4. The Kier molecular flexibility index (Phi) is 3.19. The van der Waals surface area contributed by atoms with Gasteiger partial charge in [-0.15, -0.1) is 0 Å².